The minimum atomic E-state index is 0.725. The molecule has 1 aromatic heterocycles. The van der Waals surface area contributed by atoms with Crippen LogP contribution in [0.1, 0.15) is 31.4 Å². The number of rotatable bonds is 4. The highest BCUT2D eigenvalue weighted by Crippen LogP contribution is 2.28. The molecule has 1 aromatic carbocycles. The maximum absolute atomic E-state index is 5.75. The number of hydrogen-bond donors (Lipinski definition) is 2. The lowest BCUT2D eigenvalue weighted by Crippen LogP contribution is -2.25. The van der Waals surface area contributed by atoms with Gasteiger partial charge in [0, 0.05) is 11.9 Å². The molecule has 1 aliphatic carbocycles. The smallest absolute Gasteiger partial charge is 0.223 e. The summed E-state index contributed by atoms with van der Waals surface area (Å²) in [7, 11) is 0. The van der Waals surface area contributed by atoms with Crippen LogP contribution in [0.4, 0.5) is 5.95 Å². The van der Waals surface area contributed by atoms with Gasteiger partial charge in [-0.2, -0.15) is 0 Å². The number of fused-ring (bicyclic) bond motifs is 1. The molecular weight excluding hydrogens is 260 g/mol. The molecule has 0 aliphatic heterocycles. The first-order valence-corrected chi connectivity index (χ1v) is 7.93. The summed E-state index contributed by atoms with van der Waals surface area (Å²) in [6.07, 6.45) is 5.06. The molecule has 0 unspecified atom stereocenters. The Kier molecular flexibility index (Phi) is 4.34. The van der Waals surface area contributed by atoms with Crippen molar-refractivity contribution in [1.29, 1.82) is 0 Å². The van der Waals surface area contributed by atoms with E-state index in [1.165, 1.54) is 25.7 Å². The summed E-state index contributed by atoms with van der Waals surface area (Å²) in [6, 6.07) is 8.17. The number of para-hydroxylation sites is 1. The minimum Gasteiger partial charge on any atom is -0.354 e. The lowest BCUT2D eigenvalue weighted by atomic mass is 9.82. The van der Waals surface area contributed by atoms with Gasteiger partial charge in [0.25, 0.3) is 0 Å². The largest absolute Gasteiger partial charge is 0.354 e. The van der Waals surface area contributed by atoms with Gasteiger partial charge >= 0.3 is 0 Å². The molecule has 4 heteroatoms. The van der Waals surface area contributed by atoms with Crippen molar-refractivity contribution in [3.63, 3.8) is 0 Å². The summed E-state index contributed by atoms with van der Waals surface area (Å²) in [4.78, 5) is 9.18. The first kappa shape index (κ1) is 14.3. The summed E-state index contributed by atoms with van der Waals surface area (Å²) >= 11 is 0. The first-order chi connectivity index (χ1) is 10.3. The molecule has 3 N–H and O–H groups in total. The maximum atomic E-state index is 5.75. The fourth-order valence-electron chi connectivity index (χ4n) is 3.22. The second-order valence-electron chi connectivity index (χ2n) is 6.15. The highest BCUT2D eigenvalue weighted by atomic mass is 15.1. The zero-order chi connectivity index (χ0) is 14.7. The van der Waals surface area contributed by atoms with E-state index in [0.29, 0.717) is 0 Å². The van der Waals surface area contributed by atoms with Gasteiger partial charge in [-0.15, -0.1) is 0 Å². The Labute approximate surface area is 126 Å². The number of benzene rings is 1. The second-order valence-corrected chi connectivity index (χ2v) is 6.15. The van der Waals surface area contributed by atoms with E-state index in [1.807, 2.05) is 25.1 Å². The third kappa shape index (κ3) is 3.32. The maximum Gasteiger partial charge on any atom is 0.223 e. The third-order valence-electron chi connectivity index (χ3n) is 4.64. The van der Waals surface area contributed by atoms with Crippen LogP contribution in [-0.2, 0) is 0 Å². The molecular formula is C17H24N4. The van der Waals surface area contributed by atoms with Crippen LogP contribution in [-0.4, -0.2) is 23.1 Å². The fourth-order valence-corrected chi connectivity index (χ4v) is 3.22. The van der Waals surface area contributed by atoms with Gasteiger partial charge in [0.1, 0.15) is 0 Å². The Morgan fingerprint density at radius 2 is 1.81 bits per heavy atom. The van der Waals surface area contributed by atoms with Gasteiger partial charge in [0.15, 0.2) is 0 Å². The summed E-state index contributed by atoms with van der Waals surface area (Å²) in [5.41, 5.74) is 7.80. The molecule has 0 spiro atoms. The van der Waals surface area contributed by atoms with E-state index in [-0.39, 0.29) is 0 Å². The number of nitrogens with one attached hydrogen (secondary N) is 1. The van der Waals surface area contributed by atoms with E-state index in [4.69, 9.17) is 5.73 Å². The lowest BCUT2D eigenvalue weighted by Gasteiger charge is -2.27. The number of aryl methyl sites for hydroxylation is 1. The fraction of sp³-hybridized carbons (Fsp3) is 0.529. The Balaban J connectivity index is 1.63. The van der Waals surface area contributed by atoms with Gasteiger partial charge < -0.3 is 11.1 Å². The molecule has 0 atom stereocenters. The van der Waals surface area contributed by atoms with Crippen molar-refractivity contribution in [2.75, 3.05) is 18.4 Å². The predicted octanol–water partition coefficient (Wildman–Crippen LogP) is 3.12. The second kappa shape index (κ2) is 6.39. The quantitative estimate of drug-likeness (QED) is 0.905. The van der Waals surface area contributed by atoms with E-state index in [2.05, 4.69) is 21.4 Å². The minimum absolute atomic E-state index is 0.725. The SMILES string of the molecule is Cc1nc(NCC2CCC(CN)CC2)nc2ccccc12. The topological polar surface area (TPSA) is 63.8 Å². The highest BCUT2D eigenvalue weighted by Gasteiger charge is 2.20. The first-order valence-electron chi connectivity index (χ1n) is 7.93. The molecule has 1 heterocycles. The number of nitrogens with two attached hydrogens (primary N) is 1. The summed E-state index contributed by atoms with van der Waals surface area (Å²) in [6.45, 7) is 3.85. The van der Waals surface area contributed by atoms with E-state index < -0.39 is 0 Å². The Morgan fingerprint density at radius 1 is 1.10 bits per heavy atom. The van der Waals surface area contributed by atoms with Crippen molar-refractivity contribution in [3.05, 3.63) is 30.0 Å². The van der Waals surface area contributed by atoms with Gasteiger partial charge in [-0.05, 0) is 57.1 Å². The van der Waals surface area contributed by atoms with E-state index in [9.17, 15) is 0 Å². The van der Waals surface area contributed by atoms with Crippen molar-refractivity contribution in [1.82, 2.24) is 9.97 Å². The van der Waals surface area contributed by atoms with Crippen molar-refractivity contribution in [3.8, 4) is 0 Å². The molecule has 0 radical (unpaired) electrons. The van der Waals surface area contributed by atoms with Crippen LogP contribution in [0.15, 0.2) is 24.3 Å². The Morgan fingerprint density at radius 3 is 2.57 bits per heavy atom. The van der Waals surface area contributed by atoms with Crippen LogP contribution >= 0.6 is 0 Å². The molecule has 112 valence electrons. The Bertz CT molecular complexity index is 603. The van der Waals surface area contributed by atoms with Crippen molar-refractivity contribution >= 4 is 16.9 Å². The molecule has 1 saturated carbocycles. The standard InChI is InChI=1S/C17H24N4/c1-12-15-4-2-3-5-16(15)21-17(20-12)19-11-14-8-6-13(10-18)7-9-14/h2-5,13-14H,6-11,18H2,1H3,(H,19,20,21). The monoisotopic (exact) mass is 284 g/mol. The van der Waals surface area contributed by atoms with E-state index in [1.54, 1.807) is 0 Å². The summed E-state index contributed by atoms with van der Waals surface area (Å²) in [5, 5.41) is 4.56. The normalized spacial score (nSPS) is 22.4. The average Bonchev–Trinajstić information content (AvgIpc) is 2.53. The molecule has 0 amide bonds. The van der Waals surface area contributed by atoms with Crippen LogP contribution in [0.2, 0.25) is 0 Å². The summed E-state index contributed by atoms with van der Waals surface area (Å²) in [5.74, 6) is 2.22. The molecule has 3 rings (SSSR count). The van der Waals surface area contributed by atoms with Crippen LogP contribution in [0.25, 0.3) is 10.9 Å². The van der Waals surface area contributed by atoms with Crippen molar-refractivity contribution < 1.29 is 0 Å². The molecule has 1 aliphatic rings. The zero-order valence-corrected chi connectivity index (χ0v) is 12.7. The van der Waals surface area contributed by atoms with Crippen molar-refractivity contribution in [2.45, 2.75) is 32.6 Å². The van der Waals surface area contributed by atoms with Crippen molar-refractivity contribution in [2.24, 2.45) is 17.6 Å². The third-order valence-corrected chi connectivity index (χ3v) is 4.64. The lowest BCUT2D eigenvalue weighted by molar-refractivity contribution is 0.289. The predicted molar refractivity (Wildman–Crippen MR) is 87.3 cm³/mol. The molecule has 0 bridgehead atoms. The van der Waals surface area contributed by atoms with Gasteiger partial charge in [-0.3, -0.25) is 0 Å². The van der Waals surface area contributed by atoms with Crippen LogP contribution < -0.4 is 11.1 Å². The average molecular weight is 284 g/mol. The van der Waals surface area contributed by atoms with Crippen LogP contribution in [0.3, 0.4) is 0 Å². The number of anilines is 1. The summed E-state index contributed by atoms with van der Waals surface area (Å²) < 4.78 is 0. The highest BCUT2D eigenvalue weighted by molar-refractivity contribution is 5.81. The molecule has 0 saturated heterocycles. The Hall–Kier alpha value is -1.68. The number of hydrogen-bond acceptors (Lipinski definition) is 4. The van der Waals surface area contributed by atoms with Gasteiger partial charge in [0.05, 0.1) is 11.2 Å². The zero-order valence-electron chi connectivity index (χ0n) is 12.7. The molecule has 1 fully saturated rings. The molecule has 2 aromatic rings. The number of aromatic nitrogens is 2. The van der Waals surface area contributed by atoms with Gasteiger partial charge in [0.2, 0.25) is 5.95 Å². The van der Waals surface area contributed by atoms with Gasteiger partial charge in [-0.25, -0.2) is 9.97 Å². The molecule has 4 nitrogen and oxygen atoms in total. The van der Waals surface area contributed by atoms with Crippen LogP contribution in [0, 0.1) is 18.8 Å². The van der Waals surface area contributed by atoms with Gasteiger partial charge in [-0.1, -0.05) is 18.2 Å². The van der Waals surface area contributed by atoms with Crippen LogP contribution in [0.5, 0.6) is 0 Å². The molecule has 21 heavy (non-hydrogen) atoms. The van der Waals surface area contributed by atoms with E-state index >= 15 is 0 Å². The number of nitrogens with zero attached hydrogens (tertiary/aromatic N) is 2. The van der Waals surface area contributed by atoms with E-state index in [0.717, 1.165) is 47.5 Å².